The molecular formula is C22H24N2O3. The normalized spacial score (nSPS) is 21.8. The first-order valence-corrected chi connectivity index (χ1v) is 9.55. The summed E-state index contributed by atoms with van der Waals surface area (Å²) in [6, 6.07) is 11.7. The van der Waals surface area contributed by atoms with Gasteiger partial charge in [0.1, 0.15) is 11.5 Å². The Balaban J connectivity index is 1.27. The van der Waals surface area contributed by atoms with Crippen molar-refractivity contribution in [3.05, 3.63) is 59.6 Å². The van der Waals surface area contributed by atoms with Crippen LogP contribution in [0.25, 0.3) is 6.08 Å². The standard InChI is InChI=1S/C22H24N2O3/c1-15-13-19(15)20-10-8-18(27-20)9-11-21(25)23-14-16-4-6-17(7-5-16)24-12-2-3-22(24)26/h4-11,15,19H,2-3,12-14H2,1H3,(H,23,25)/b11-9+. The van der Waals surface area contributed by atoms with Gasteiger partial charge in [-0.05, 0) is 54.7 Å². The smallest absolute Gasteiger partial charge is 0.244 e. The second-order valence-corrected chi connectivity index (χ2v) is 7.43. The lowest BCUT2D eigenvalue weighted by molar-refractivity contribution is -0.117. The minimum absolute atomic E-state index is 0.161. The van der Waals surface area contributed by atoms with Gasteiger partial charge in [0.05, 0.1) is 0 Å². The molecule has 1 N–H and O–H groups in total. The van der Waals surface area contributed by atoms with Gasteiger partial charge in [-0.2, -0.15) is 0 Å². The molecule has 140 valence electrons. The summed E-state index contributed by atoms with van der Waals surface area (Å²) in [5.74, 6) is 2.98. The fraction of sp³-hybridized carbons (Fsp3) is 0.364. The Morgan fingerprint density at radius 3 is 2.70 bits per heavy atom. The van der Waals surface area contributed by atoms with Gasteiger partial charge in [-0.25, -0.2) is 0 Å². The van der Waals surface area contributed by atoms with Crippen molar-refractivity contribution in [3.8, 4) is 0 Å². The molecule has 4 rings (SSSR count). The molecule has 5 heteroatoms. The molecule has 2 unspecified atom stereocenters. The number of hydrogen-bond donors (Lipinski definition) is 1. The highest BCUT2D eigenvalue weighted by molar-refractivity contribution is 5.95. The van der Waals surface area contributed by atoms with Crippen molar-refractivity contribution in [2.75, 3.05) is 11.4 Å². The number of carbonyl (C=O) groups excluding carboxylic acids is 2. The number of carbonyl (C=O) groups is 2. The molecule has 2 aliphatic rings. The van der Waals surface area contributed by atoms with Crippen LogP contribution in [0.15, 0.2) is 46.9 Å². The van der Waals surface area contributed by atoms with E-state index < -0.39 is 0 Å². The number of amides is 2. The van der Waals surface area contributed by atoms with Crippen LogP contribution in [0, 0.1) is 5.92 Å². The SMILES string of the molecule is CC1CC1c1ccc(/C=C/C(=O)NCc2ccc(N3CCCC3=O)cc2)o1. The zero-order valence-electron chi connectivity index (χ0n) is 15.5. The summed E-state index contributed by atoms with van der Waals surface area (Å²) in [6.07, 6.45) is 5.92. The van der Waals surface area contributed by atoms with E-state index in [1.165, 1.54) is 12.5 Å². The van der Waals surface area contributed by atoms with E-state index in [0.717, 1.165) is 30.0 Å². The number of benzene rings is 1. The Bertz CT molecular complexity index is 866. The summed E-state index contributed by atoms with van der Waals surface area (Å²) in [5.41, 5.74) is 1.92. The summed E-state index contributed by atoms with van der Waals surface area (Å²) in [7, 11) is 0. The van der Waals surface area contributed by atoms with Gasteiger partial charge in [0.25, 0.3) is 0 Å². The van der Waals surface area contributed by atoms with E-state index in [1.54, 1.807) is 6.08 Å². The predicted octanol–water partition coefficient (Wildman–Crippen LogP) is 3.86. The molecule has 1 saturated heterocycles. The summed E-state index contributed by atoms with van der Waals surface area (Å²) < 4.78 is 5.76. The van der Waals surface area contributed by atoms with Gasteiger partial charge in [0.15, 0.2) is 0 Å². The second kappa shape index (κ2) is 7.43. The number of furan rings is 1. The van der Waals surface area contributed by atoms with E-state index in [4.69, 9.17) is 4.42 Å². The van der Waals surface area contributed by atoms with Gasteiger partial charge in [-0.3, -0.25) is 9.59 Å². The van der Waals surface area contributed by atoms with Crippen molar-refractivity contribution in [1.82, 2.24) is 5.32 Å². The molecule has 2 fully saturated rings. The average Bonchev–Trinajstić information content (AvgIpc) is 3.06. The Morgan fingerprint density at radius 1 is 1.26 bits per heavy atom. The first-order valence-electron chi connectivity index (χ1n) is 9.55. The van der Waals surface area contributed by atoms with E-state index in [-0.39, 0.29) is 11.8 Å². The highest BCUT2D eigenvalue weighted by Crippen LogP contribution is 2.47. The van der Waals surface area contributed by atoms with Gasteiger partial charge in [0, 0.05) is 37.2 Å². The van der Waals surface area contributed by atoms with Crippen molar-refractivity contribution in [2.45, 2.75) is 38.6 Å². The molecule has 1 aliphatic heterocycles. The van der Waals surface area contributed by atoms with Crippen molar-refractivity contribution in [1.29, 1.82) is 0 Å². The maximum absolute atomic E-state index is 12.0. The van der Waals surface area contributed by atoms with Crippen LogP contribution in [0.2, 0.25) is 0 Å². The summed E-state index contributed by atoms with van der Waals surface area (Å²) in [5, 5.41) is 2.87. The van der Waals surface area contributed by atoms with Crippen LogP contribution in [0.3, 0.4) is 0 Å². The summed E-state index contributed by atoms with van der Waals surface area (Å²) in [4.78, 5) is 25.6. The van der Waals surface area contributed by atoms with Crippen LogP contribution in [0.1, 0.15) is 49.2 Å². The number of hydrogen-bond acceptors (Lipinski definition) is 3. The molecule has 1 aliphatic carbocycles. The molecule has 0 spiro atoms. The van der Waals surface area contributed by atoms with Crippen LogP contribution in [0.4, 0.5) is 5.69 Å². The van der Waals surface area contributed by atoms with E-state index in [2.05, 4.69) is 12.2 Å². The third kappa shape index (κ3) is 4.13. The number of anilines is 1. The maximum atomic E-state index is 12.0. The van der Waals surface area contributed by atoms with Gasteiger partial charge >= 0.3 is 0 Å². The molecule has 2 atom stereocenters. The van der Waals surface area contributed by atoms with E-state index in [9.17, 15) is 9.59 Å². The molecule has 1 aromatic carbocycles. The number of rotatable bonds is 6. The zero-order chi connectivity index (χ0) is 18.8. The van der Waals surface area contributed by atoms with E-state index >= 15 is 0 Å². The second-order valence-electron chi connectivity index (χ2n) is 7.43. The predicted molar refractivity (Wildman–Crippen MR) is 104 cm³/mol. The maximum Gasteiger partial charge on any atom is 0.244 e. The molecular weight excluding hydrogens is 340 g/mol. The van der Waals surface area contributed by atoms with E-state index in [1.807, 2.05) is 41.3 Å². The van der Waals surface area contributed by atoms with Crippen LogP contribution < -0.4 is 10.2 Å². The summed E-state index contributed by atoms with van der Waals surface area (Å²) >= 11 is 0. The van der Waals surface area contributed by atoms with Crippen LogP contribution in [0.5, 0.6) is 0 Å². The van der Waals surface area contributed by atoms with Gasteiger partial charge in [0.2, 0.25) is 11.8 Å². The van der Waals surface area contributed by atoms with Crippen LogP contribution >= 0.6 is 0 Å². The molecule has 0 bridgehead atoms. The lowest BCUT2D eigenvalue weighted by Gasteiger charge is -2.15. The lowest BCUT2D eigenvalue weighted by Crippen LogP contribution is -2.23. The van der Waals surface area contributed by atoms with Crippen LogP contribution in [-0.2, 0) is 16.1 Å². The topological polar surface area (TPSA) is 62.6 Å². The lowest BCUT2D eigenvalue weighted by atomic mass is 10.2. The highest BCUT2D eigenvalue weighted by Gasteiger charge is 2.36. The van der Waals surface area contributed by atoms with Crippen molar-refractivity contribution in [3.63, 3.8) is 0 Å². The minimum Gasteiger partial charge on any atom is -0.461 e. The van der Waals surface area contributed by atoms with Gasteiger partial charge < -0.3 is 14.6 Å². The zero-order valence-corrected chi connectivity index (χ0v) is 15.5. The fourth-order valence-electron chi connectivity index (χ4n) is 3.50. The molecule has 2 aromatic rings. The van der Waals surface area contributed by atoms with Gasteiger partial charge in [-0.1, -0.05) is 19.1 Å². The highest BCUT2D eigenvalue weighted by atomic mass is 16.3. The molecule has 2 heterocycles. The third-order valence-corrected chi connectivity index (χ3v) is 5.31. The quantitative estimate of drug-likeness (QED) is 0.792. The van der Waals surface area contributed by atoms with E-state index in [0.29, 0.717) is 30.6 Å². The minimum atomic E-state index is -0.161. The third-order valence-electron chi connectivity index (χ3n) is 5.31. The Morgan fingerprint density at radius 2 is 2.04 bits per heavy atom. The molecule has 1 aromatic heterocycles. The molecule has 2 amide bonds. The van der Waals surface area contributed by atoms with Crippen molar-refractivity contribution >= 4 is 23.6 Å². The summed E-state index contributed by atoms with van der Waals surface area (Å²) in [6.45, 7) is 3.44. The monoisotopic (exact) mass is 364 g/mol. The largest absolute Gasteiger partial charge is 0.461 e. The number of nitrogens with one attached hydrogen (secondary N) is 1. The number of nitrogens with zero attached hydrogens (tertiary/aromatic N) is 1. The van der Waals surface area contributed by atoms with Crippen molar-refractivity contribution < 1.29 is 14.0 Å². The molecule has 0 radical (unpaired) electrons. The first kappa shape index (κ1) is 17.6. The average molecular weight is 364 g/mol. The van der Waals surface area contributed by atoms with Crippen LogP contribution in [-0.4, -0.2) is 18.4 Å². The molecule has 27 heavy (non-hydrogen) atoms. The molecule has 5 nitrogen and oxygen atoms in total. The fourth-order valence-corrected chi connectivity index (χ4v) is 3.50. The Kier molecular flexibility index (Phi) is 4.84. The first-order chi connectivity index (χ1) is 13.1. The Labute approximate surface area is 159 Å². The van der Waals surface area contributed by atoms with Crippen molar-refractivity contribution in [2.24, 2.45) is 5.92 Å². The Hall–Kier alpha value is -2.82. The van der Waals surface area contributed by atoms with Gasteiger partial charge in [-0.15, -0.1) is 0 Å². The molecule has 1 saturated carbocycles.